The van der Waals surface area contributed by atoms with Gasteiger partial charge in [0.1, 0.15) is 39.8 Å². The highest BCUT2D eigenvalue weighted by molar-refractivity contribution is 6.10. The lowest BCUT2D eigenvalue weighted by molar-refractivity contribution is -0.132. The molecule has 0 unspecified atom stereocenters. The van der Waals surface area contributed by atoms with Crippen LogP contribution in [0.15, 0.2) is 221 Å². The number of H-pyrrole nitrogens is 3. The zero-order chi connectivity index (χ0) is 81.2. The Morgan fingerprint density at radius 2 is 0.729 bits per heavy atom. The van der Waals surface area contributed by atoms with Crippen LogP contribution in [0.4, 0.5) is 0 Å². The number of amidine groups is 3. The summed E-state index contributed by atoms with van der Waals surface area (Å²) >= 11 is 0. The summed E-state index contributed by atoms with van der Waals surface area (Å²) in [5.41, 5.74) is 21.6. The molecule has 18 rings (SSSR count). The van der Waals surface area contributed by atoms with Crippen molar-refractivity contribution in [2.45, 2.75) is 212 Å². The Bertz CT molecular complexity index is 5390. The number of hydrogen-bond donors (Lipinski definition) is 4. The highest BCUT2D eigenvalue weighted by Gasteiger charge is 2.52. The minimum Gasteiger partial charge on any atom is -0.392 e. The minimum absolute atomic E-state index is 0.0225. The quantitative estimate of drug-likeness (QED) is 0.0416. The highest BCUT2D eigenvalue weighted by atomic mass is 16.3. The number of unbranched alkanes of at least 4 members (excludes halogenated alkanes) is 3. The number of carbonyl (C=O) groups is 3. The lowest BCUT2D eigenvalue weighted by atomic mass is 9.91. The first kappa shape index (κ1) is 79.5. The van der Waals surface area contributed by atoms with Gasteiger partial charge in [-0.1, -0.05) is 260 Å². The van der Waals surface area contributed by atoms with E-state index in [1.165, 1.54) is 22.3 Å². The van der Waals surface area contributed by atoms with Gasteiger partial charge in [0.15, 0.2) is 0 Å². The molecule has 9 aromatic carbocycles. The Morgan fingerprint density at radius 3 is 1.09 bits per heavy atom. The number of aryl methyl sites for hydroxylation is 2. The number of hydrogen-bond acceptors (Lipinski definition) is 15. The zero-order valence-corrected chi connectivity index (χ0v) is 68.2. The molecule has 3 spiro atoms. The number of amides is 3. The summed E-state index contributed by atoms with van der Waals surface area (Å²) in [6, 6.07) is 69.4. The number of aromatic nitrogens is 11. The normalized spacial score (nSPS) is 16.3. The average Bonchev–Trinajstić information content (AvgIpc) is 1.58. The molecule has 3 saturated carbocycles. The van der Waals surface area contributed by atoms with E-state index in [4.69, 9.17) is 15.0 Å². The van der Waals surface area contributed by atoms with Gasteiger partial charge in [0.25, 0.3) is 17.7 Å². The van der Waals surface area contributed by atoms with Crippen LogP contribution in [0.3, 0.4) is 0 Å². The van der Waals surface area contributed by atoms with Gasteiger partial charge >= 0.3 is 0 Å². The largest absolute Gasteiger partial charge is 0.392 e. The molecule has 21 heteroatoms. The van der Waals surface area contributed by atoms with Gasteiger partial charge in [0, 0.05) is 36.0 Å². The number of carbonyl (C=O) groups excluding carboxylic acids is 3. The third kappa shape index (κ3) is 16.8. The van der Waals surface area contributed by atoms with Crippen LogP contribution in [0.1, 0.15) is 189 Å². The van der Waals surface area contributed by atoms with Crippen molar-refractivity contribution >= 4 is 35.2 Å². The predicted octanol–water partition coefficient (Wildman–Crippen LogP) is 20.0. The standard InChI is InChI=1S/C33H35N5O2.2C32H34N6O/c1-2-3-10-31-35-33(17-6-7-18-33)32(40)38(31)21-23-11-13-24(14-12-23)29-19-25(27-9-5-4-8-26(27)22-39)15-16-28(29)30-20-34-37-36-30;2*1-3-4-10-29-33-32(17-5-6-18-32)31(39)38(29)21-23-11-13-24(14-12-23)28-20-26(25-9-7-8-22(2)19-25)15-16-27(28)30-34-36-37-35-30/h4-5,8-9,11-16,19-20,39H,2-3,6-7,10,17-18,21-22H2,1H3,(H,34,36,37);2*7-9,11-16,19-20H,3-6,10,17-18,21H2,1-2H3,(H,34,35,36,37). The van der Waals surface area contributed by atoms with Crippen molar-refractivity contribution in [2.24, 2.45) is 15.0 Å². The van der Waals surface area contributed by atoms with Crippen molar-refractivity contribution in [3.63, 3.8) is 0 Å². The molecule has 0 radical (unpaired) electrons. The molecule has 3 aromatic heterocycles. The second-order valence-corrected chi connectivity index (χ2v) is 32.5. The minimum atomic E-state index is -0.513. The maximum atomic E-state index is 13.6. The SMILES string of the molecule is CCCCC1=NC2(CCCC2)C(=O)N1Cc1ccc(-c2cc(-c3cccc(C)c3)ccc2-c2nn[nH]n2)cc1.CCCCC1=NC2(CCCC2)C(=O)N1Cc1ccc(-c2cc(-c3cccc(C)c3)ccc2-c2nn[nH]n2)cc1.CCCCC1=NC2(CCCC2)C(=O)N1Cc1ccc(-c2cc(-c3ccccc3CO)ccc2-c2cn[nH]n2)cc1. The molecule has 600 valence electrons. The fourth-order valence-corrected chi connectivity index (χ4v) is 18.0. The molecule has 3 aliphatic carbocycles. The monoisotopic (exact) mass is 1570 g/mol. The summed E-state index contributed by atoms with van der Waals surface area (Å²) in [5.74, 6) is 4.60. The molecule has 0 bridgehead atoms. The summed E-state index contributed by atoms with van der Waals surface area (Å²) in [4.78, 5) is 61.7. The number of aliphatic hydroxyl groups is 1. The van der Waals surface area contributed by atoms with Crippen LogP contribution in [0.5, 0.6) is 0 Å². The Morgan fingerprint density at radius 1 is 0.364 bits per heavy atom. The lowest BCUT2D eigenvalue weighted by Crippen LogP contribution is -2.40. The highest BCUT2D eigenvalue weighted by Crippen LogP contribution is 2.46. The number of aliphatic hydroxyl groups excluding tert-OH is 1. The van der Waals surface area contributed by atoms with Crippen LogP contribution in [-0.2, 0) is 40.6 Å². The first-order valence-corrected chi connectivity index (χ1v) is 42.3. The number of aromatic amines is 3. The Labute approximate surface area is 690 Å². The summed E-state index contributed by atoms with van der Waals surface area (Å²) in [7, 11) is 0. The fourth-order valence-electron chi connectivity index (χ4n) is 18.0. The van der Waals surface area contributed by atoms with Crippen molar-refractivity contribution in [3.8, 4) is 101 Å². The van der Waals surface area contributed by atoms with E-state index in [0.29, 0.717) is 31.3 Å². The molecular formula is C97H103N17O4. The summed E-state index contributed by atoms with van der Waals surface area (Å²) in [5, 5.41) is 50.7. The van der Waals surface area contributed by atoms with Gasteiger partial charge in [-0.05, 0) is 201 Å². The van der Waals surface area contributed by atoms with E-state index in [1.54, 1.807) is 6.20 Å². The molecule has 12 aromatic rings. The molecule has 0 atom stereocenters. The Kier molecular flexibility index (Phi) is 24.0. The van der Waals surface area contributed by atoms with E-state index in [1.807, 2.05) is 39.0 Å². The van der Waals surface area contributed by atoms with Gasteiger partial charge in [-0.3, -0.25) is 44.1 Å². The van der Waals surface area contributed by atoms with E-state index in [0.717, 1.165) is 253 Å². The smallest absolute Gasteiger partial charge is 0.256 e. The Balaban J connectivity index is 0.000000132. The van der Waals surface area contributed by atoms with E-state index >= 15 is 0 Å². The number of nitrogens with one attached hydrogen (secondary N) is 3. The zero-order valence-electron chi connectivity index (χ0n) is 68.2. The van der Waals surface area contributed by atoms with E-state index in [2.05, 4.69) is 267 Å². The molecule has 4 N–H and O–H groups in total. The molecule has 3 fully saturated rings. The molecule has 3 amide bonds. The van der Waals surface area contributed by atoms with E-state index in [-0.39, 0.29) is 24.3 Å². The number of benzene rings is 9. The van der Waals surface area contributed by atoms with Gasteiger partial charge in [-0.2, -0.15) is 25.8 Å². The third-order valence-electron chi connectivity index (χ3n) is 24.4. The summed E-state index contributed by atoms with van der Waals surface area (Å²) in [6.45, 7) is 12.4. The van der Waals surface area contributed by atoms with Crippen molar-refractivity contribution in [3.05, 3.63) is 240 Å². The topological polar surface area (TPSA) is 269 Å². The van der Waals surface area contributed by atoms with Crippen LogP contribution in [0.2, 0.25) is 0 Å². The van der Waals surface area contributed by atoms with Gasteiger partial charge in [0.2, 0.25) is 11.6 Å². The molecule has 6 aliphatic rings. The Hall–Kier alpha value is -12.4. The summed E-state index contributed by atoms with van der Waals surface area (Å²) in [6.07, 6.45) is 22.5. The number of aliphatic imine (C=N–C) groups is 3. The van der Waals surface area contributed by atoms with Crippen molar-refractivity contribution in [1.82, 2.24) is 71.4 Å². The van der Waals surface area contributed by atoms with Crippen molar-refractivity contribution < 1.29 is 19.5 Å². The van der Waals surface area contributed by atoms with E-state index < -0.39 is 16.6 Å². The predicted molar refractivity (Wildman–Crippen MR) is 465 cm³/mol. The van der Waals surface area contributed by atoms with Gasteiger partial charge in [-0.15, -0.1) is 20.4 Å². The van der Waals surface area contributed by atoms with Crippen molar-refractivity contribution in [1.29, 1.82) is 0 Å². The lowest BCUT2D eigenvalue weighted by Gasteiger charge is -2.23. The number of tetrazole rings is 2. The first-order valence-electron chi connectivity index (χ1n) is 42.3. The molecule has 6 heterocycles. The second-order valence-electron chi connectivity index (χ2n) is 32.5. The van der Waals surface area contributed by atoms with Crippen LogP contribution >= 0.6 is 0 Å². The number of nitrogens with zero attached hydrogens (tertiary/aromatic N) is 14. The second kappa shape index (κ2) is 35.6. The molecule has 118 heavy (non-hydrogen) atoms. The maximum absolute atomic E-state index is 13.6. The first-order chi connectivity index (χ1) is 57.7. The van der Waals surface area contributed by atoms with E-state index in [9.17, 15) is 19.5 Å². The molecule has 21 nitrogen and oxygen atoms in total. The molecule has 0 saturated heterocycles. The number of rotatable bonds is 25. The van der Waals surface area contributed by atoms with Gasteiger partial charge in [0.05, 0.1) is 32.4 Å². The average molecular weight is 1570 g/mol. The van der Waals surface area contributed by atoms with Crippen LogP contribution in [0.25, 0.3) is 101 Å². The molecular weight excluding hydrogens is 1470 g/mol. The fraction of sp³-hybridized carbons (Fsp3) is 0.340. The maximum Gasteiger partial charge on any atom is 0.256 e. The third-order valence-corrected chi connectivity index (χ3v) is 24.4. The van der Waals surface area contributed by atoms with Crippen LogP contribution in [-0.4, -0.2) is 128 Å². The van der Waals surface area contributed by atoms with Gasteiger partial charge < -0.3 is 5.11 Å². The molecule has 3 aliphatic heterocycles. The van der Waals surface area contributed by atoms with Crippen LogP contribution < -0.4 is 0 Å². The van der Waals surface area contributed by atoms with Gasteiger partial charge in [-0.25, -0.2) is 0 Å². The summed E-state index contributed by atoms with van der Waals surface area (Å²) < 4.78 is 0. The van der Waals surface area contributed by atoms with Crippen LogP contribution in [0, 0.1) is 13.8 Å². The van der Waals surface area contributed by atoms with Crippen molar-refractivity contribution in [2.75, 3.05) is 0 Å².